The topological polar surface area (TPSA) is 77.4 Å². The average molecular weight is 443 g/mol. The van der Waals surface area contributed by atoms with E-state index in [9.17, 15) is 4.79 Å². The van der Waals surface area contributed by atoms with E-state index in [0.717, 1.165) is 58.2 Å². The molecule has 9 heteroatoms. The van der Waals surface area contributed by atoms with Crippen molar-refractivity contribution in [2.75, 3.05) is 25.6 Å². The van der Waals surface area contributed by atoms with Gasteiger partial charge in [0.15, 0.2) is 11.5 Å². The minimum atomic E-state index is 0.170. The SMILES string of the molecule is Cc1nc2c(SCC(=O)N3CCCCCC3)nnc(-c3ccc4c(c3)OCO4)c2s1. The summed E-state index contributed by atoms with van der Waals surface area (Å²) < 4.78 is 11.9. The van der Waals surface area contributed by atoms with Gasteiger partial charge in [0.2, 0.25) is 12.7 Å². The molecule has 0 unspecified atom stereocenters. The van der Waals surface area contributed by atoms with Crippen molar-refractivity contribution in [1.82, 2.24) is 20.1 Å². The van der Waals surface area contributed by atoms with Crippen LogP contribution in [-0.4, -0.2) is 51.6 Å². The first-order chi connectivity index (χ1) is 14.7. The number of aromatic nitrogens is 3. The Bertz CT molecular complexity index is 1090. The van der Waals surface area contributed by atoms with Gasteiger partial charge in [-0.05, 0) is 38.0 Å². The quantitative estimate of drug-likeness (QED) is 0.558. The van der Waals surface area contributed by atoms with Crippen LogP contribution in [0.3, 0.4) is 0 Å². The minimum Gasteiger partial charge on any atom is -0.454 e. The first-order valence-electron chi connectivity index (χ1n) is 10.1. The maximum absolute atomic E-state index is 12.7. The second-order valence-electron chi connectivity index (χ2n) is 7.42. The number of carbonyl (C=O) groups excluding carboxylic acids is 1. The van der Waals surface area contributed by atoms with Gasteiger partial charge >= 0.3 is 0 Å². The van der Waals surface area contributed by atoms with Crippen molar-refractivity contribution in [1.29, 1.82) is 0 Å². The molecule has 1 saturated heterocycles. The number of nitrogens with zero attached hydrogens (tertiary/aromatic N) is 4. The summed E-state index contributed by atoms with van der Waals surface area (Å²) in [6, 6.07) is 5.78. The van der Waals surface area contributed by atoms with Gasteiger partial charge in [-0.2, -0.15) is 0 Å². The number of hydrogen-bond acceptors (Lipinski definition) is 8. The standard InChI is InChI=1S/C21H22N4O3S2/c1-13-22-19-20(30-13)18(14-6-7-15-16(10-14)28-12-27-15)23-24-21(19)29-11-17(26)25-8-4-2-3-5-9-25/h6-7,10H,2-5,8-9,11-12H2,1H3. The number of benzene rings is 1. The largest absolute Gasteiger partial charge is 0.454 e. The van der Waals surface area contributed by atoms with E-state index in [1.165, 1.54) is 24.6 Å². The number of carbonyl (C=O) groups is 1. The van der Waals surface area contributed by atoms with Gasteiger partial charge in [0.1, 0.15) is 16.2 Å². The summed E-state index contributed by atoms with van der Waals surface area (Å²) in [5, 5.41) is 10.6. The van der Waals surface area contributed by atoms with Crippen molar-refractivity contribution in [3.63, 3.8) is 0 Å². The van der Waals surface area contributed by atoms with E-state index in [1.54, 1.807) is 11.3 Å². The first kappa shape index (κ1) is 19.6. The molecule has 1 amide bonds. The Morgan fingerprint density at radius 1 is 1.13 bits per heavy atom. The number of thiazole rings is 1. The fourth-order valence-corrected chi connectivity index (χ4v) is 5.61. The fourth-order valence-electron chi connectivity index (χ4n) is 3.79. The first-order valence-corrected chi connectivity index (χ1v) is 11.9. The summed E-state index contributed by atoms with van der Waals surface area (Å²) in [6.45, 7) is 3.93. The third-order valence-corrected chi connectivity index (χ3v) is 7.25. The summed E-state index contributed by atoms with van der Waals surface area (Å²) in [6.07, 6.45) is 4.61. The molecule has 2 aromatic heterocycles. The lowest BCUT2D eigenvalue weighted by Crippen LogP contribution is -2.33. The number of aryl methyl sites for hydroxylation is 1. The van der Waals surface area contributed by atoms with Gasteiger partial charge in [0.05, 0.1) is 15.5 Å². The Hall–Kier alpha value is -2.39. The van der Waals surface area contributed by atoms with Crippen LogP contribution in [0.1, 0.15) is 30.7 Å². The number of likely N-dealkylation sites (tertiary alicyclic amines) is 1. The van der Waals surface area contributed by atoms with E-state index >= 15 is 0 Å². The van der Waals surface area contributed by atoms with Gasteiger partial charge in [0.25, 0.3) is 0 Å². The molecule has 1 aromatic carbocycles. The second-order valence-corrected chi connectivity index (χ2v) is 9.58. The molecule has 0 bridgehead atoms. The van der Waals surface area contributed by atoms with E-state index in [4.69, 9.17) is 14.5 Å². The Kier molecular flexibility index (Phi) is 5.47. The zero-order valence-corrected chi connectivity index (χ0v) is 18.4. The van der Waals surface area contributed by atoms with Crippen molar-refractivity contribution in [3.8, 4) is 22.8 Å². The Labute approximate surface area is 182 Å². The highest BCUT2D eigenvalue weighted by Gasteiger charge is 2.21. The van der Waals surface area contributed by atoms with Crippen molar-refractivity contribution >= 4 is 39.2 Å². The van der Waals surface area contributed by atoms with Gasteiger partial charge in [0, 0.05) is 18.7 Å². The van der Waals surface area contributed by atoms with Gasteiger partial charge in [-0.3, -0.25) is 4.79 Å². The lowest BCUT2D eigenvalue weighted by Gasteiger charge is -2.19. The number of fused-ring (bicyclic) bond motifs is 2. The molecule has 30 heavy (non-hydrogen) atoms. The summed E-state index contributed by atoms with van der Waals surface area (Å²) >= 11 is 3.02. The van der Waals surface area contributed by atoms with E-state index in [2.05, 4.69) is 10.2 Å². The molecule has 0 N–H and O–H groups in total. The predicted octanol–water partition coefficient (Wildman–Crippen LogP) is 4.29. The Balaban J connectivity index is 1.41. The van der Waals surface area contributed by atoms with Gasteiger partial charge in [-0.1, -0.05) is 24.6 Å². The van der Waals surface area contributed by atoms with Crippen LogP contribution in [-0.2, 0) is 4.79 Å². The van der Waals surface area contributed by atoms with Crippen LogP contribution in [0.15, 0.2) is 23.2 Å². The Morgan fingerprint density at radius 2 is 1.93 bits per heavy atom. The fraction of sp³-hybridized carbons (Fsp3) is 0.429. The van der Waals surface area contributed by atoms with E-state index in [1.807, 2.05) is 30.0 Å². The monoisotopic (exact) mass is 442 g/mol. The molecule has 0 aliphatic carbocycles. The third kappa shape index (κ3) is 3.83. The molecule has 4 heterocycles. The summed E-state index contributed by atoms with van der Waals surface area (Å²) in [7, 11) is 0. The van der Waals surface area contributed by atoms with Crippen LogP contribution in [0.5, 0.6) is 11.5 Å². The smallest absolute Gasteiger partial charge is 0.232 e. The zero-order chi connectivity index (χ0) is 20.5. The highest BCUT2D eigenvalue weighted by Crippen LogP contribution is 2.39. The molecular weight excluding hydrogens is 420 g/mol. The maximum Gasteiger partial charge on any atom is 0.232 e. The van der Waals surface area contributed by atoms with Crippen molar-refractivity contribution in [2.24, 2.45) is 0 Å². The van der Waals surface area contributed by atoms with E-state index < -0.39 is 0 Å². The molecule has 7 nitrogen and oxygen atoms in total. The van der Waals surface area contributed by atoms with Crippen LogP contribution < -0.4 is 9.47 Å². The van der Waals surface area contributed by atoms with E-state index in [0.29, 0.717) is 16.5 Å². The van der Waals surface area contributed by atoms with Crippen LogP contribution in [0.4, 0.5) is 0 Å². The average Bonchev–Trinajstić information content (AvgIpc) is 3.28. The lowest BCUT2D eigenvalue weighted by atomic mass is 10.1. The van der Waals surface area contributed by atoms with Crippen molar-refractivity contribution in [3.05, 3.63) is 23.2 Å². The highest BCUT2D eigenvalue weighted by atomic mass is 32.2. The molecule has 1 fully saturated rings. The maximum atomic E-state index is 12.7. The molecule has 5 rings (SSSR count). The van der Waals surface area contributed by atoms with Crippen LogP contribution in [0.25, 0.3) is 21.5 Å². The highest BCUT2D eigenvalue weighted by molar-refractivity contribution is 8.00. The summed E-state index contributed by atoms with van der Waals surface area (Å²) in [5.41, 5.74) is 2.50. The molecular formula is C21H22N4O3S2. The zero-order valence-electron chi connectivity index (χ0n) is 16.7. The number of rotatable bonds is 4. The second kappa shape index (κ2) is 8.39. The van der Waals surface area contributed by atoms with Crippen LogP contribution in [0, 0.1) is 6.92 Å². The number of hydrogen-bond donors (Lipinski definition) is 0. The molecule has 2 aliphatic rings. The number of thioether (sulfide) groups is 1. The van der Waals surface area contributed by atoms with Gasteiger partial charge in [-0.25, -0.2) is 4.98 Å². The van der Waals surface area contributed by atoms with Crippen molar-refractivity contribution in [2.45, 2.75) is 37.6 Å². The third-order valence-electron chi connectivity index (χ3n) is 5.33. The summed E-state index contributed by atoms with van der Waals surface area (Å²) in [4.78, 5) is 19.4. The lowest BCUT2D eigenvalue weighted by molar-refractivity contribution is -0.128. The van der Waals surface area contributed by atoms with E-state index in [-0.39, 0.29) is 12.7 Å². The molecule has 156 valence electrons. The number of amides is 1. The molecule has 3 aromatic rings. The molecule has 0 atom stereocenters. The minimum absolute atomic E-state index is 0.170. The van der Waals surface area contributed by atoms with Crippen molar-refractivity contribution < 1.29 is 14.3 Å². The predicted molar refractivity (Wildman–Crippen MR) is 117 cm³/mol. The normalized spacial score (nSPS) is 16.1. The molecule has 0 spiro atoms. The molecule has 0 radical (unpaired) electrons. The van der Waals surface area contributed by atoms with Gasteiger partial charge in [-0.15, -0.1) is 21.5 Å². The number of ether oxygens (including phenoxy) is 2. The van der Waals surface area contributed by atoms with Gasteiger partial charge < -0.3 is 14.4 Å². The van der Waals surface area contributed by atoms with Crippen LogP contribution >= 0.6 is 23.1 Å². The molecule has 0 saturated carbocycles. The Morgan fingerprint density at radius 3 is 2.77 bits per heavy atom. The summed E-state index contributed by atoms with van der Waals surface area (Å²) in [5.74, 6) is 1.99. The van der Waals surface area contributed by atoms with Crippen LogP contribution in [0.2, 0.25) is 0 Å². The molecule has 2 aliphatic heterocycles.